The molecule has 0 radical (unpaired) electrons. The summed E-state index contributed by atoms with van der Waals surface area (Å²) in [6.45, 7) is 3.10. The van der Waals surface area contributed by atoms with Crippen molar-refractivity contribution in [2.45, 2.75) is 26.0 Å². The van der Waals surface area contributed by atoms with Gasteiger partial charge in [0.1, 0.15) is 24.3 Å². The standard InChI is InChI=1S/C19H20FN3O3/c1-12(22-19(25)11-24)13(2)26-17-7-8-18-14(9-17)10-21-23(18)16-5-3-15(20)4-6-16/h3-10,12-13,24H,11H2,1-2H3,(H,22,25)/t12-,13+/m0/s1. The summed E-state index contributed by atoms with van der Waals surface area (Å²) < 4.78 is 20.7. The van der Waals surface area contributed by atoms with Crippen LogP contribution in [0.15, 0.2) is 48.7 Å². The Hall–Kier alpha value is -2.93. The predicted octanol–water partition coefficient (Wildman–Crippen LogP) is 2.43. The number of rotatable bonds is 6. The van der Waals surface area contributed by atoms with E-state index in [0.29, 0.717) is 5.75 Å². The average molecular weight is 357 g/mol. The second-order valence-corrected chi connectivity index (χ2v) is 6.09. The van der Waals surface area contributed by atoms with Gasteiger partial charge >= 0.3 is 0 Å². The van der Waals surface area contributed by atoms with Gasteiger partial charge in [-0.05, 0) is 56.3 Å². The van der Waals surface area contributed by atoms with Crippen LogP contribution in [0.25, 0.3) is 16.6 Å². The normalized spacial score (nSPS) is 13.4. The lowest BCUT2D eigenvalue weighted by atomic mass is 10.2. The van der Waals surface area contributed by atoms with Crippen LogP contribution in [0.4, 0.5) is 4.39 Å². The second-order valence-electron chi connectivity index (χ2n) is 6.09. The van der Waals surface area contributed by atoms with Gasteiger partial charge in [-0.1, -0.05) is 0 Å². The third kappa shape index (κ3) is 3.83. The number of nitrogens with zero attached hydrogens (tertiary/aromatic N) is 2. The summed E-state index contributed by atoms with van der Waals surface area (Å²) >= 11 is 0. The molecule has 2 N–H and O–H groups in total. The number of aliphatic hydroxyl groups is 1. The fourth-order valence-corrected chi connectivity index (χ4v) is 2.61. The summed E-state index contributed by atoms with van der Waals surface area (Å²) in [7, 11) is 0. The number of fused-ring (bicyclic) bond motifs is 1. The fraction of sp³-hybridized carbons (Fsp3) is 0.263. The van der Waals surface area contributed by atoms with Crippen molar-refractivity contribution in [1.82, 2.24) is 15.1 Å². The van der Waals surface area contributed by atoms with Crippen LogP contribution in [0.3, 0.4) is 0 Å². The third-order valence-corrected chi connectivity index (χ3v) is 4.17. The molecule has 2 atom stereocenters. The third-order valence-electron chi connectivity index (χ3n) is 4.17. The maximum Gasteiger partial charge on any atom is 0.246 e. The van der Waals surface area contributed by atoms with E-state index in [2.05, 4.69) is 10.4 Å². The molecule has 0 saturated carbocycles. The van der Waals surface area contributed by atoms with E-state index in [-0.39, 0.29) is 18.0 Å². The number of aliphatic hydroxyl groups excluding tert-OH is 1. The first kappa shape index (κ1) is 17.9. The van der Waals surface area contributed by atoms with Gasteiger partial charge in [-0.3, -0.25) is 4.79 Å². The Morgan fingerprint density at radius 3 is 2.69 bits per heavy atom. The Labute approximate surface area is 150 Å². The molecule has 2 aromatic carbocycles. The molecule has 136 valence electrons. The van der Waals surface area contributed by atoms with Crippen molar-refractivity contribution in [1.29, 1.82) is 0 Å². The highest BCUT2D eigenvalue weighted by atomic mass is 19.1. The first-order chi connectivity index (χ1) is 12.5. The van der Waals surface area contributed by atoms with Crippen LogP contribution in [0, 0.1) is 5.82 Å². The topological polar surface area (TPSA) is 76.4 Å². The number of aromatic nitrogens is 2. The summed E-state index contributed by atoms with van der Waals surface area (Å²) in [6.07, 6.45) is 1.43. The largest absolute Gasteiger partial charge is 0.489 e. The van der Waals surface area contributed by atoms with Crippen molar-refractivity contribution in [3.63, 3.8) is 0 Å². The van der Waals surface area contributed by atoms with Crippen LogP contribution in [0.2, 0.25) is 0 Å². The highest BCUT2D eigenvalue weighted by molar-refractivity contribution is 5.81. The van der Waals surface area contributed by atoms with Gasteiger partial charge in [-0.25, -0.2) is 9.07 Å². The molecular weight excluding hydrogens is 337 g/mol. The summed E-state index contributed by atoms with van der Waals surface area (Å²) in [5.41, 5.74) is 1.64. The van der Waals surface area contributed by atoms with Crippen molar-refractivity contribution in [3.8, 4) is 11.4 Å². The Morgan fingerprint density at radius 2 is 2.00 bits per heavy atom. The van der Waals surface area contributed by atoms with E-state index < -0.39 is 12.5 Å². The zero-order valence-electron chi connectivity index (χ0n) is 14.5. The van der Waals surface area contributed by atoms with E-state index in [4.69, 9.17) is 9.84 Å². The van der Waals surface area contributed by atoms with Crippen molar-refractivity contribution in [2.75, 3.05) is 6.61 Å². The molecule has 26 heavy (non-hydrogen) atoms. The van der Waals surface area contributed by atoms with Gasteiger partial charge in [-0.2, -0.15) is 5.10 Å². The number of hydrogen-bond acceptors (Lipinski definition) is 4. The molecule has 3 aromatic rings. The van der Waals surface area contributed by atoms with Gasteiger partial charge in [0.15, 0.2) is 0 Å². The maximum absolute atomic E-state index is 13.1. The molecule has 0 aliphatic rings. The van der Waals surface area contributed by atoms with Crippen molar-refractivity contribution < 1.29 is 19.0 Å². The molecule has 1 amide bonds. The van der Waals surface area contributed by atoms with E-state index in [1.807, 2.05) is 32.0 Å². The van der Waals surface area contributed by atoms with Crippen molar-refractivity contribution >= 4 is 16.8 Å². The number of carbonyl (C=O) groups is 1. The van der Waals surface area contributed by atoms with Gasteiger partial charge in [-0.15, -0.1) is 0 Å². The minimum atomic E-state index is -0.550. The molecule has 0 fully saturated rings. The minimum Gasteiger partial charge on any atom is -0.489 e. The zero-order valence-corrected chi connectivity index (χ0v) is 14.5. The maximum atomic E-state index is 13.1. The second kappa shape index (κ2) is 7.53. The van der Waals surface area contributed by atoms with Crippen LogP contribution >= 0.6 is 0 Å². The van der Waals surface area contributed by atoms with Gasteiger partial charge in [0.05, 0.1) is 23.4 Å². The first-order valence-electron chi connectivity index (χ1n) is 8.28. The Balaban J connectivity index is 1.78. The highest BCUT2D eigenvalue weighted by Crippen LogP contribution is 2.24. The van der Waals surface area contributed by atoms with Crippen LogP contribution in [-0.4, -0.2) is 39.5 Å². The SMILES string of the molecule is C[C@H](NC(=O)CO)[C@@H](C)Oc1ccc2c(cnn2-c2ccc(F)cc2)c1. The Bertz CT molecular complexity index is 908. The van der Waals surface area contributed by atoms with Gasteiger partial charge in [0.2, 0.25) is 5.91 Å². The molecule has 0 saturated heterocycles. The van der Waals surface area contributed by atoms with Gasteiger partial charge in [0, 0.05) is 5.39 Å². The lowest BCUT2D eigenvalue weighted by molar-refractivity contribution is -0.125. The molecule has 0 spiro atoms. The van der Waals surface area contributed by atoms with E-state index >= 15 is 0 Å². The predicted molar refractivity (Wildman–Crippen MR) is 95.8 cm³/mol. The number of hydrogen-bond donors (Lipinski definition) is 2. The molecule has 6 nitrogen and oxygen atoms in total. The highest BCUT2D eigenvalue weighted by Gasteiger charge is 2.16. The lowest BCUT2D eigenvalue weighted by Crippen LogP contribution is -2.43. The molecule has 7 heteroatoms. The number of amides is 1. The average Bonchev–Trinajstić information content (AvgIpc) is 3.05. The Kier molecular flexibility index (Phi) is 5.18. The molecule has 1 heterocycles. The Morgan fingerprint density at radius 1 is 1.27 bits per heavy atom. The summed E-state index contributed by atoms with van der Waals surface area (Å²) in [4.78, 5) is 11.3. The van der Waals surface area contributed by atoms with Crippen LogP contribution in [0.5, 0.6) is 5.75 Å². The summed E-state index contributed by atoms with van der Waals surface area (Å²) in [5.74, 6) is -0.0879. The summed E-state index contributed by atoms with van der Waals surface area (Å²) in [5, 5.41) is 16.7. The molecule has 0 bridgehead atoms. The van der Waals surface area contributed by atoms with E-state index in [1.165, 1.54) is 12.1 Å². The molecule has 0 aliphatic heterocycles. The smallest absolute Gasteiger partial charge is 0.246 e. The molecule has 0 unspecified atom stereocenters. The molecule has 1 aromatic heterocycles. The number of nitrogens with one attached hydrogen (secondary N) is 1. The van der Waals surface area contributed by atoms with E-state index in [9.17, 15) is 9.18 Å². The lowest BCUT2D eigenvalue weighted by Gasteiger charge is -2.22. The van der Waals surface area contributed by atoms with Crippen LogP contribution < -0.4 is 10.1 Å². The fourth-order valence-electron chi connectivity index (χ4n) is 2.61. The summed E-state index contributed by atoms with van der Waals surface area (Å²) in [6, 6.07) is 11.4. The molecule has 0 aliphatic carbocycles. The van der Waals surface area contributed by atoms with Crippen molar-refractivity contribution in [2.24, 2.45) is 0 Å². The molecule has 3 rings (SSSR count). The minimum absolute atomic E-state index is 0.257. The molecular formula is C19H20FN3O3. The van der Waals surface area contributed by atoms with Gasteiger partial charge in [0.25, 0.3) is 0 Å². The zero-order chi connectivity index (χ0) is 18.7. The van der Waals surface area contributed by atoms with Crippen molar-refractivity contribution in [3.05, 3.63) is 54.5 Å². The number of halogens is 1. The quantitative estimate of drug-likeness (QED) is 0.710. The van der Waals surface area contributed by atoms with Crippen LogP contribution in [-0.2, 0) is 4.79 Å². The first-order valence-corrected chi connectivity index (χ1v) is 8.28. The van der Waals surface area contributed by atoms with E-state index in [1.54, 1.807) is 23.0 Å². The number of carbonyl (C=O) groups excluding carboxylic acids is 1. The van der Waals surface area contributed by atoms with Crippen LogP contribution in [0.1, 0.15) is 13.8 Å². The van der Waals surface area contributed by atoms with E-state index in [0.717, 1.165) is 16.6 Å². The van der Waals surface area contributed by atoms with Gasteiger partial charge < -0.3 is 15.2 Å². The monoisotopic (exact) mass is 357 g/mol. The number of ether oxygens (including phenoxy) is 1. The number of benzene rings is 2.